The second-order valence-electron chi connectivity index (χ2n) is 6.74. The molecule has 1 heterocycles. The Balaban J connectivity index is 1.68. The average molecular weight is 436 g/mol. The number of benzene rings is 3. The van der Waals surface area contributed by atoms with Crippen LogP contribution >= 0.6 is 11.3 Å². The first-order valence-corrected chi connectivity index (χ1v) is 11.9. The summed E-state index contributed by atoms with van der Waals surface area (Å²) in [6.45, 7) is 2.85. The van der Waals surface area contributed by atoms with E-state index in [-0.39, 0.29) is 4.90 Å². The fourth-order valence-corrected chi connectivity index (χ4v) is 4.75. The number of sulfonamides is 1. The van der Waals surface area contributed by atoms with Crippen LogP contribution in [0.1, 0.15) is 6.92 Å². The number of nitrogens with two attached hydrogens (primary N) is 1. The van der Waals surface area contributed by atoms with Crippen molar-refractivity contribution in [2.75, 3.05) is 0 Å². The lowest BCUT2D eigenvalue weighted by Gasteiger charge is -2.08. The molecule has 0 amide bonds. The average Bonchev–Trinajstić information content (AvgIpc) is 3.16. The molecule has 4 aromatic rings. The van der Waals surface area contributed by atoms with E-state index in [1.54, 1.807) is 23.5 Å². The van der Waals surface area contributed by atoms with Crippen LogP contribution in [0.5, 0.6) is 0 Å². The Hall–Kier alpha value is -3.00. The van der Waals surface area contributed by atoms with Gasteiger partial charge in [-0.3, -0.25) is 0 Å². The van der Waals surface area contributed by atoms with E-state index in [4.69, 9.17) is 10.1 Å². The summed E-state index contributed by atoms with van der Waals surface area (Å²) in [6.07, 6.45) is 0. The van der Waals surface area contributed by atoms with Gasteiger partial charge in [-0.2, -0.15) is 0 Å². The van der Waals surface area contributed by atoms with Gasteiger partial charge in [-0.1, -0.05) is 54.6 Å². The van der Waals surface area contributed by atoms with Gasteiger partial charge in [0.05, 0.1) is 16.3 Å². The van der Waals surface area contributed by atoms with Crippen LogP contribution in [0.25, 0.3) is 22.4 Å². The minimum Gasteiger partial charge on any atom is -0.317 e. The number of hydrogen-bond donors (Lipinski definition) is 1. The standard InChI is InChI=1S/C23H21N3O2S2/c1-2-26-22(19-10-8-18(9-11-19)17-6-4-3-5-7-17)16-29-23(26)25-20-12-14-21(15-13-20)30(24,27)28/h3-16H,2H2,1H3,(H2,24,27,28). The fraction of sp³-hybridized carbons (Fsp3) is 0.0870. The molecule has 0 bridgehead atoms. The molecule has 30 heavy (non-hydrogen) atoms. The van der Waals surface area contributed by atoms with Crippen molar-refractivity contribution in [3.8, 4) is 22.4 Å². The molecule has 0 aliphatic rings. The van der Waals surface area contributed by atoms with Gasteiger partial charge in [0.15, 0.2) is 4.80 Å². The van der Waals surface area contributed by atoms with Gasteiger partial charge in [0, 0.05) is 11.9 Å². The van der Waals surface area contributed by atoms with Gasteiger partial charge in [-0.15, -0.1) is 11.3 Å². The first-order chi connectivity index (χ1) is 14.5. The van der Waals surface area contributed by atoms with Gasteiger partial charge in [-0.25, -0.2) is 18.5 Å². The third kappa shape index (κ3) is 4.28. The summed E-state index contributed by atoms with van der Waals surface area (Å²) in [6, 6.07) is 25.1. The number of nitrogens with zero attached hydrogens (tertiary/aromatic N) is 2. The summed E-state index contributed by atoms with van der Waals surface area (Å²) in [5.74, 6) is 0. The Morgan fingerprint density at radius 2 is 1.47 bits per heavy atom. The van der Waals surface area contributed by atoms with Crippen molar-refractivity contribution in [3.05, 3.63) is 89.0 Å². The number of hydrogen-bond acceptors (Lipinski definition) is 4. The SMILES string of the molecule is CCn1c(-c2ccc(-c3ccccc3)cc2)csc1=Nc1ccc(S(N)(=O)=O)cc1. The van der Waals surface area contributed by atoms with E-state index in [1.807, 2.05) is 18.2 Å². The van der Waals surface area contributed by atoms with Crippen LogP contribution in [0.3, 0.4) is 0 Å². The molecule has 152 valence electrons. The normalized spacial score (nSPS) is 12.3. The third-order valence-corrected chi connectivity index (χ3v) is 6.58. The second-order valence-corrected chi connectivity index (χ2v) is 9.14. The Labute approximate surface area is 179 Å². The molecule has 2 N–H and O–H groups in total. The summed E-state index contributed by atoms with van der Waals surface area (Å²) < 4.78 is 25.0. The van der Waals surface area contributed by atoms with Gasteiger partial charge in [0.1, 0.15) is 0 Å². The number of thiazole rings is 1. The highest BCUT2D eigenvalue weighted by atomic mass is 32.2. The molecular weight excluding hydrogens is 414 g/mol. The molecule has 3 aromatic carbocycles. The van der Waals surface area contributed by atoms with Crippen molar-refractivity contribution in [1.29, 1.82) is 0 Å². The molecule has 0 radical (unpaired) electrons. The van der Waals surface area contributed by atoms with Crippen molar-refractivity contribution in [2.24, 2.45) is 10.1 Å². The summed E-state index contributed by atoms with van der Waals surface area (Å²) in [4.78, 5) is 5.62. The summed E-state index contributed by atoms with van der Waals surface area (Å²) in [5, 5.41) is 7.26. The molecule has 0 aliphatic heterocycles. The van der Waals surface area contributed by atoms with E-state index in [1.165, 1.54) is 23.3 Å². The Morgan fingerprint density at radius 3 is 2.07 bits per heavy atom. The van der Waals surface area contributed by atoms with Gasteiger partial charge in [0.2, 0.25) is 10.0 Å². The minimum absolute atomic E-state index is 0.0789. The van der Waals surface area contributed by atoms with Gasteiger partial charge < -0.3 is 4.57 Å². The van der Waals surface area contributed by atoms with Crippen molar-refractivity contribution in [2.45, 2.75) is 18.4 Å². The van der Waals surface area contributed by atoms with E-state index in [0.29, 0.717) is 5.69 Å². The summed E-state index contributed by atoms with van der Waals surface area (Å²) in [7, 11) is -3.71. The molecular formula is C23H21N3O2S2. The summed E-state index contributed by atoms with van der Waals surface area (Å²) >= 11 is 1.55. The monoisotopic (exact) mass is 435 g/mol. The van der Waals surface area contributed by atoms with E-state index < -0.39 is 10.0 Å². The van der Waals surface area contributed by atoms with Gasteiger partial charge in [-0.05, 0) is 47.9 Å². The highest BCUT2D eigenvalue weighted by molar-refractivity contribution is 7.89. The van der Waals surface area contributed by atoms with E-state index in [9.17, 15) is 8.42 Å². The summed E-state index contributed by atoms with van der Waals surface area (Å²) in [5.41, 5.74) is 5.27. The van der Waals surface area contributed by atoms with Crippen LogP contribution < -0.4 is 9.94 Å². The highest BCUT2D eigenvalue weighted by Gasteiger charge is 2.09. The van der Waals surface area contributed by atoms with Crippen LogP contribution in [0.2, 0.25) is 0 Å². The number of primary sulfonamides is 1. The van der Waals surface area contributed by atoms with Crippen molar-refractivity contribution < 1.29 is 8.42 Å². The van der Waals surface area contributed by atoms with E-state index in [0.717, 1.165) is 22.6 Å². The quantitative estimate of drug-likeness (QED) is 0.489. The van der Waals surface area contributed by atoms with Crippen molar-refractivity contribution in [3.63, 3.8) is 0 Å². The zero-order valence-electron chi connectivity index (χ0n) is 16.4. The lowest BCUT2D eigenvalue weighted by molar-refractivity contribution is 0.598. The first-order valence-electron chi connectivity index (χ1n) is 9.47. The van der Waals surface area contributed by atoms with Gasteiger partial charge >= 0.3 is 0 Å². The second kappa shape index (κ2) is 8.39. The first kappa shape index (κ1) is 20.3. The van der Waals surface area contributed by atoms with Crippen molar-refractivity contribution in [1.82, 2.24) is 4.57 Å². The lowest BCUT2D eigenvalue weighted by atomic mass is 10.0. The highest BCUT2D eigenvalue weighted by Crippen LogP contribution is 2.25. The Kier molecular flexibility index (Phi) is 5.67. The van der Waals surface area contributed by atoms with Crippen LogP contribution in [0.15, 0.2) is 94.1 Å². The topological polar surface area (TPSA) is 77.5 Å². The largest absolute Gasteiger partial charge is 0.317 e. The molecule has 0 unspecified atom stereocenters. The number of rotatable bonds is 5. The molecule has 0 fully saturated rings. The predicted molar refractivity (Wildman–Crippen MR) is 122 cm³/mol. The Morgan fingerprint density at radius 1 is 0.867 bits per heavy atom. The molecule has 0 saturated heterocycles. The zero-order valence-corrected chi connectivity index (χ0v) is 18.0. The minimum atomic E-state index is -3.71. The van der Waals surface area contributed by atoms with Crippen LogP contribution in [0, 0.1) is 0 Å². The molecule has 4 rings (SSSR count). The Bertz CT molecular complexity index is 1320. The molecule has 0 spiro atoms. The molecule has 5 nitrogen and oxygen atoms in total. The van der Waals surface area contributed by atoms with E-state index in [2.05, 4.69) is 53.3 Å². The fourth-order valence-electron chi connectivity index (χ4n) is 3.24. The van der Waals surface area contributed by atoms with Crippen LogP contribution in [0.4, 0.5) is 5.69 Å². The maximum absolute atomic E-state index is 11.4. The smallest absolute Gasteiger partial charge is 0.238 e. The number of aromatic nitrogens is 1. The zero-order chi connectivity index (χ0) is 21.1. The molecule has 7 heteroatoms. The predicted octanol–water partition coefficient (Wildman–Crippen LogP) is 4.78. The molecule has 0 saturated carbocycles. The lowest BCUT2D eigenvalue weighted by Crippen LogP contribution is -2.14. The van der Waals surface area contributed by atoms with Crippen molar-refractivity contribution >= 4 is 27.0 Å². The van der Waals surface area contributed by atoms with Gasteiger partial charge in [0.25, 0.3) is 0 Å². The molecule has 0 atom stereocenters. The molecule has 1 aromatic heterocycles. The molecule has 0 aliphatic carbocycles. The third-order valence-electron chi connectivity index (χ3n) is 4.79. The maximum Gasteiger partial charge on any atom is 0.238 e. The maximum atomic E-state index is 11.4. The van der Waals surface area contributed by atoms with Crippen LogP contribution in [-0.2, 0) is 16.6 Å². The van der Waals surface area contributed by atoms with Crippen LogP contribution in [-0.4, -0.2) is 13.0 Å². The van der Waals surface area contributed by atoms with E-state index >= 15 is 0 Å².